The Hall–Kier alpha value is -1.21. The molecule has 76 valence electrons. The molecule has 1 heterocycles. The summed E-state index contributed by atoms with van der Waals surface area (Å²) < 4.78 is 1.69. The Bertz CT molecular complexity index is 420. The predicted molar refractivity (Wildman–Crippen MR) is 52.4 cm³/mol. The number of hydrogen-bond donors (Lipinski definition) is 2. The summed E-state index contributed by atoms with van der Waals surface area (Å²) in [6.45, 7) is 0.0965. The van der Waals surface area contributed by atoms with E-state index in [9.17, 15) is 9.59 Å². The lowest BCUT2D eigenvalue weighted by Gasteiger charge is -2.02. The molecule has 0 saturated heterocycles. The molecule has 1 aromatic rings. The molecule has 2 N–H and O–H groups in total. The van der Waals surface area contributed by atoms with E-state index in [1.54, 1.807) is 0 Å². The van der Waals surface area contributed by atoms with Crippen LogP contribution in [0.25, 0.3) is 0 Å². The van der Waals surface area contributed by atoms with Crippen molar-refractivity contribution < 1.29 is 19.8 Å². The Morgan fingerprint density at radius 3 is 2.64 bits per heavy atom. The normalized spacial score (nSPS) is 10.0. The van der Waals surface area contributed by atoms with Crippen LogP contribution in [-0.4, -0.2) is 26.7 Å². The van der Waals surface area contributed by atoms with Crippen LogP contribution in [0.4, 0.5) is 0 Å². The van der Waals surface area contributed by atoms with Crippen molar-refractivity contribution in [2.45, 2.75) is 13.0 Å². The van der Waals surface area contributed by atoms with E-state index >= 15 is 0 Å². The summed E-state index contributed by atoms with van der Waals surface area (Å²) in [6, 6.07) is 0. The van der Waals surface area contributed by atoms with Crippen molar-refractivity contribution in [1.29, 1.82) is 0 Å². The lowest BCUT2D eigenvalue weighted by molar-refractivity contribution is -0.137. The number of rotatable bonds is 4. The summed E-state index contributed by atoms with van der Waals surface area (Å²) in [7, 11) is 0. The topological polar surface area (TPSA) is 79.5 Å². The molecule has 0 atom stereocenters. The molecule has 1 aromatic heterocycles. The first-order valence-electron chi connectivity index (χ1n) is 3.66. The van der Waals surface area contributed by atoms with Gasteiger partial charge in [0.15, 0.2) is 3.95 Å². The molecule has 14 heavy (non-hydrogen) atoms. The molecule has 7 heteroatoms. The monoisotopic (exact) mass is 233 g/mol. The van der Waals surface area contributed by atoms with Gasteiger partial charge in [0.1, 0.15) is 5.69 Å². The molecule has 0 aliphatic heterocycles. The maximum Gasteiger partial charge on any atom is 0.353 e. The Labute approximate surface area is 88.2 Å². The summed E-state index contributed by atoms with van der Waals surface area (Å²) in [5.74, 6) is -2.07. The van der Waals surface area contributed by atoms with Gasteiger partial charge in [-0.1, -0.05) is 0 Å². The molecule has 0 aromatic carbocycles. The number of thiazole rings is 1. The fourth-order valence-corrected chi connectivity index (χ4v) is 2.01. The number of nitrogens with zero attached hydrogens (tertiary/aromatic N) is 1. The van der Waals surface area contributed by atoms with E-state index in [1.807, 2.05) is 0 Å². The van der Waals surface area contributed by atoms with Crippen LogP contribution in [0, 0.1) is 3.95 Å². The SMILES string of the molecule is O=C(O)CCn1c(C(=O)O)csc1=S. The van der Waals surface area contributed by atoms with Crippen molar-refractivity contribution in [2.75, 3.05) is 0 Å². The third kappa shape index (κ3) is 2.39. The quantitative estimate of drug-likeness (QED) is 0.769. The zero-order valence-corrected chi connectivity index (χ0v) is 8.60. The van der Waals surface area contributed by atoms with Crippen LogP contribution in [-0.2, 0) is 11.3 Å². The van der Waals surface area contributed by atoms with Crippen molar-refractivity contribution in [3.63, 3.8) is 0 Å². The maximum atomic E-state index is 10.7. The molecule has 0 bridgehead atoms. The van der Waals surface area contributed by atoms with Crippen molar-refractivity contribution in [3.05, 3.63) is 15.0 Å². The number of carbonyl (C=O) groups is 2. The highest BCUT2D eigenvalue weighted by molar-refractivity contribution is 7.73. The molecule has 1 rings (SSSR count). The van der Waals surface area contributed by atoms with Gasteiger partial charge < -0.3 is 14.8 Å². The lowest BCUT2D eigenvalue weighted by atomic mass is 10.4. The smallest absolute Gasteiger partial charge is 0.353 e. The van der Waals surface area contributed by atoms with Crippen LogP contribution in [0.2, 0.25) is 0 Å². The lowest BCUT2D eigenvalue weighted by Crippen LogP contribution is -2.11. The van der Waals surface area contributed by atoms with E-state index in [0.29, 0.717) is 3.95 Å². The van der Waals surface area contributed by atoms with Crippen LogP contribution in [0.3, 0.4) is 0 Å². The van der Waals surface area contributed by atoms with E-state index in [-0.39, 0.29) is 18.7 Å². The predicted octanol–water partition coefficient (Wildman–Crippen LogP) is 1.45. The molecule has 0 amide bonds. The molecule has 5 nitrogen and oxygen atoms in total. The van der Waals surface area contributed by atoms with Crippen LogP contribution in [0.15, 0.2) is 5.38 Å². The van der Waals surface area contributed by atoms with E-state index in [4.69, 9.17) is 22.4 Å². The minimum absolute atomic E-state index is 0.0428. The first kappa shape index (κ1) is 10.9. The first-order chi connectivity index (χ1) is 6.52. The van der Waals surface area contributed by atoms with E-state index in [2.05, 4.69) is 0 Å². The minimum atomic E-state index is -1.09. The largest absolute Gasteiger partial charge is 0.481 e. The van der Waals surface area contributed by atoms with Gasteiger partial charge in [-0.25, -0.2) is 4.79 Å². The Kier molecular flexibility index (Phi) is 3.37. The number of carboxylic acids is 2. The number of aromatic carboxylic acids is 1. The second kappa shape index (κ2) is 4.34. The molecular formula is C7H7NO4S2. The average Bonchev–Trinajstić information content (AvgIpc) is 2.43. The van der Waals surface area contributed by atoms with Gasteiger partial charge in [-0.15, -0.1) is 11.3 Å². The fourth-order valence-electron chi connectivity index (χ4n) is 0.917. The van der Waals surface area contributed by atoms with Crippen molar-refractivity contribution in [2.24, 2.45) is 0 Å². The van der Waals surface area contributed by atoms with Crippen LogP contribution in [0.5, 0.6) is 0 Å². The zero-order chi connectivity index (χ0) is 10.7. The Balaban J connectivity index is 2.94. The fraction of sp³-hybridized carbons (Fsp3) is 0.286. The van der Waals surface area contributed by atoms with Gasteiger partial charge in [0, 0.05) is 11.9 Å². The van der Waals surface area contributed by atoms with Gasteiger partial charge in [-0.2, -0.15) is 0 Å². The van der Waals surface area contributed by atoms with E-state index < -0.39 is 11.9 Å². The van der Waals surface area contributed by atoms with Gasteiger partial charge in [-0.05, 0) is 12.2 Å². The highest BCUT2D eigenvalue weighted by Crippen LogP contribution is 2.11. The van der Waals surface area contributed by atoms with E-state index in [1.165, 1.54) is 9.95 Å². The third-order valence-corrected chi connectivity index (χ3v) is 2.82. The van der Waals surface area contributed by atoms with Crippen LogP contribution in [0.1, 0.15) is 16.9 Å². The molecule has 0 aliphatic rings. The maximum absolute atomic E-state index is 10.7. The van der Waals surface area contributed by atoms with Crippen molar-refractivity contribution in [3.8, 4) is 0 Å². The highest BCUT2D eigenvalue weighted by Gasteiger charge is 2.11. The molecule has 0 radical (unpaired) electrons. The number of aromatic nitrogens is 1. The molecule has 0 saturated carbocycles. The van der Waals surface area contributed by atoms with Crippen LogP contribution >= 0.6 is 23.6 Å². The van der Waals surface area contributed by atoms with Crippen molar-refractivity contribution >= 4 is 35.5 Å². The van der Waals surface area contributed by atoms with Gasteiger partial charge in [0.2, 0.25) is 0 Å². The number of carboxylic acid groups (broad SMARTS) is 2. The summed E-state index contributed by atoms with van der Waals surface area (Å²) in [4.78, 5) is 21.0. The summed E-state index contributed by atoms with van der Waals surface area (Å²) >= 11 is 5.98. The van der Waals surface area contributed by atoms with Crippen molar-refractivity contribution in [1.82, 2.24) is 4.57 Å². The molecule has 0 fully saturated rings. The second-order valence-electron chi connectivity index (χ2n) is 2.49. The average molecular weight is 233 g/mol. The van der Waals surface area contributed by atoms with Gasteiger partial charge >= 0.3 is 11.9 Å². The minimum Gasteiger partial charge on any atom is -0.481 e. The standard InChI is InChI=1S/C7H7NO4S2/c9-5(10)1-2-8-4(6(11)12)3-14-7(8)13/h3H,1-2H2,(H,9,10)(H,11,12). The summed E-state index contributed by atoms with van der Waals surface area (Å²) in [6.07, 6.45) is -0.134. The summed E-state index contributed by atoms with van der Waals surface area (Å²) in [5, 5.41) is 18.6. The first-order valence-corrected chi connectivity index (χ1v) is 4.94. The highest BCUT2D eigenvalue weighted by atomic mass is 32.1. The Morgan fingerprint density at radius 2 is 2.14 bits per heavy atom. The van der Waals surface area contributed by atoms with Crippen LogP contribution < -0.4 is 0 Å². The van der Waals surface area contributed by atoms with E-state index in [0.717, 1.165) is 11.3 Å². The summed E-state index contributed by atoms with van der Waals surface area (Å²) in [5.41, 5.74) is 0.0428. The van der Waals surface area contributed by atoms with Gasteiger partial charge in [0.05, 0.1) is 6.42 Å². The zero-order valence-electron chi connectivity index (χ0n) is 6.97. The third-order valence-electron chi connectivity index (χ3n) is 1.55. The molecule has 0 unspecified atom stereocenters. The number of hydrogen-bond acceptors (Lipinski definition) is 4. The molecule has 0 spiro atoms. The van der Waals surface area contributed by atoms with Gasteiger partial charge in [0.25, 0.3) is 0 Å². The Morgan fingerprint density at radius 1 is 1.50 bits per heavy atom. The number of aliphatic carboxylic acids is 1. The second-order valence-corrected chi connectivity index (χ2v) is 3.99. The molecular weight excluding hydrogens is 226 g/mol. The van der Waals surface area contributed by atoms with Gasteiger partial charge in [-0.3, -0.25) is 4.79 Å². The molecule has 0 aliphatic carbocycles.